The maximum atomic E-state index is 14.0. The number of hydrogen-bond acceptors (Lipinski definition) is 2. The highest BCUT2D eigenvalue weighted by molar-refractivity contribution is 5.79. The van der Waals surface area contributed by atoms with Crippen LogP contribution in [0, 0.1) is 23.5 Å². The van der Waals surface area contributed by atoms with E-state index in [0.717, 1.165) is 50.5 Å². The van der Waals surface area contributed by atoms with Gasteiger partial charge < -0.3 is 9.69 Å². The van der Waals surface area contributed by atoms with Gasteiger partial charge in [0.1, 0.15) is 17.9 Å². The lowest BCUT2D eigenvalue weighted by Gasteiger charge is -2.28. The number of rotatable bonds is 4. The van der Waals surface area contributed by atoms with E-state index in [-0.39, 0.29) is 29.2 Å². The molecule has 0 radical (unpaired) electrons. The minimum Gasteiger partial charge on any atom is -0.342 e. The lowest BCUT2D eigenvalue weighted by molar-refractivity contribution is -0.136. The standard InChI is InChI=1S/C24H25F2NO2/c25-21-2-1-3-22(26)23(21)18-10-8-17(9-11-18)20-12-13-27(14-20)24(29)19-6-4-16(15-28)5-7-19/h1-3,8-11,15-16,19-20H,4-7,12-14H2. The van der Waals surface area contributed by atoms with Crippen molar-refractivity contribution in [1.82, 2.24) is 4.90 Å². The number of hydrogen-bond donors (Lipinski definition) is 0. The number of likely N-dealkylation sites (tertiary alicyclic amines) is 1. The molecule has 1 saturated heterocycles. The van der Waals surface area contributed by atoms with E-state index in [0.29, 0.717) is 12.1 Å². The van der Waals surface area contributed by atoms with Crippen molar-refractivity contribution >= 4 is 12.2 Å². The summed E-state index contributed by atoms with van der Waals surface area (Å²) in [7, 11) is 0. The van der Waals surface area contributed by atoms with E-state index in [1.807, 2.05) is 17.0 Å². The first-order valence-electron chi connectivity index (χ1n) is 10.3. The highest BCUT2D eigenvalue weighted by atomic mass is 19.1. The zero-order valence-corrected chi connectivity index (χ0v) is 16.3. The molecule has 5 heteroatoms. The van der Waals surface area contributed by atoms with Crippen molar-refractivity contribution in [2.75, 3.05) is 13.1 Å². The SMILES string of the molecule is O=CC1CCC(C(=O)N2CCC(c3ccc(-c4c(F)cccc4F)cc3)C2)CC1. The van der Waals surface area contributed by atoms with Gasteiger partial charge in [0, 0.05) is 30.8 Å². The van der Waals surface area contributed by atoms with E-state index in [9.17, 15) is 18.4 Å². The third-order valence-corrected chi connectivity index (χ3v) is 6.45. The zero-order valence-electron chi connectivity index (χ0n) is 16.3. The minimum absolute atomic E-state index is 0.00629. The Bertz CT molecular complexity index is 868. The van der Waals surface area contributed by atoms with Gasteiger partial charge in [-0.2, -0.15) is 0 Å². The summed E-state index contributed by atoms with van der Waals surface area (Å²) in [6, 6.07) is 11.2. The fraction of sp³-hybridized carbons (Fsp3) is 0.417. The molecular formula is C24H25F2NO2. The molecule has 1 heterocycles. The maximum absolute atomic E-state index is 14.0. The highest BCUT2D eigenvalue weighted by Gasteiger charge is 2.33. The van der Waals surface area contributed by atoms with E-state index >= 15 is 0 Å². The summed E-state index contributed by atoms with van der Waals surface area (Å²) in [6.07, 6.45) is 5.13. The van der Waals surface area contributed by atoms with Crippen LogP contribution in [0.3, 0.4) is 0 Å². The van der Waals surface area contributed by atoms with Crippen molar-refractivity contribution in [1.29, 1.82) is 0 Å². The molecule has 152 valence electrons. The number of aldehydes is 1. The highest BCUT2D eigenvalue weighted by Crippen LogP contribution is 2.34. The molecule has 1 atom stereocenters. The molecule has 1 aliphatic carbocycles. The quantitative estimate of drug-likeness (QED) is 0.685. The molecule has 2 aromatic carbocycles. The van der Waals surface area contributed by atoms with Gasteiger partial charge in [0.2, 0.25) is 5.91 Å². The van der Waals surface area contributed by atoms with E-state index < -0.39 is 11.6 Å². The summed E-state index contributed by atoms with van der Waals surface area (Å²) in [5.74, 6) is -0.536. The predicted molar refractivity (Wildman–Crippen MR) is 107 cm³/mol. The number of halogens is 2. The summed E-state index contributed by atoms with van der Waals surface area (Å²) >= 11 is 0. The van der Waals surface area contributed by atoms with Crippen LogP contribution in [-0.2, 0) is 9.59 Å². The maximum Gasteiger partial charge on any atom is 0.225 e. The van der Waals surface area contributed by atoms with Gasteiger partial charge in [-0.25, -0.2) is 8.78 Å². The number of carbonyl (C=O) groups excluding carboxylic acids is 2. The number of amides is 1. The lowest BCUT2D eigenvalue weighted by Crippen LogP contribution is -2.36. The third-order valence-electron chi connectivity index (χ3n) is 6.45. The minimum atomic E-state index is -0.570. The summed E-state index contributed by atoms with van der Waals surface area (Å²) < 4.78 is 28.0. The molecule has 0 spiro atoms. The summed E-state index contributed by atoms with van der Waals surface area (Å²) in [5.41, 5.74) is 1.60. The molecule has 1 amide bonds. The number of carbonyl (C=O) groups is 2. The first-order valence-corrected chi connectivity index (χ1v) is 10.3. The molecule has 2 fully saturated rings. The van der Waals surface area contributed by atoms with Gasteiger partial charge in [-0.05, 0) is 55.4 Å². The second kappa shape index (κ2) is 8.44. The number of nitrogens with zero attached hydrogens (tertiary/aromatic N) is 1. The average Bonchev–Trinajstić information content (AvgIpc) is 3.24. The smallest absolute Gasteiger partial charge is 0.225 e. The molecule has 4 rings (SSSR count). The van der Waals surface area contributed by atoms with Crippen LogP contribution in [0.5, 0.6) is 0 Å². The van der Waals surface area contributed by atoms with Crippen molar-refractivity contribution in [2.45, 2.75) is 38.0 Å². The molecular weight excluding hydrogens is 372 g/mol. The van der Waals surface area contributed by atoms with Crippen LogP contribution in [0.25, 0.3) is 11.1 Å². The largest absolute Gasteiger partial charge is 0.342 e. The van der Waals surface area contributed by atoms with E-state index in [1.54, 1.807) is 12.1 Å². The first kappa shape index (κ1) is 19.7. The van der Waals surface area contributed by atoms with E-state index in [4.69, 9.17) is 0 Å². The Labute approximate surface area is 169 Å². The fourth-order valence-corrected chi connectivity index (χ4v) is 4.69. The van der Waals surface area contributed by atoms with Crippen LogP contribution in [0.4, 0.5) is 8.78 Å². The van der Waals surface area contributed by atoms with E-state index in [1.165, 1.54) is 18.2 Å². The molecule has 2 aliphatic rings. The van der Waals surface area contributed by atoms with Crippen molar-refractivity contribution < 1.29 is 18.4 Å². The Balaban J connectivity index is 1.40. The molecule has 3 nitrogen and oxygen atoms in total. The Morgan fingerprint density at radius 3 is 2.21 bits per heavy atom. The Kier molecular flexibility index (Phi) is 5.74. The molecule has 0 N–H and O–H groups in total. The van der Waals surface area contributed by atoms with Crippen LogP contribution in [-0.4, -0.2) is 30.2 Å². The molecule has 0 bridgehead atoms. The first-order chi connectivity index (χ1) is 14.1. The van der Waals surface area contributed by atoms with Gasteiger partial charge in [-0.3, -0.25) is 4.79 Å². The molecule has 2 aromatic rings. The summed E-state index contributed by atoms with van der Waals surface area (Å²) in [4.78, 5) is 25.7. The summed E-state index contributed by atoms with van der Waals surface area (Å²) in [5, 5.41) is 0. The van der Waals surface area contributed by atoms with Crippen LogP contribution in [0.2, 0.25) is 0 Å². The van der Waals surface area contributed by atoms with Crippen molar-refractivity contribution in [3.05, 3.63) is 59.7 Å². The predicted octanol–water partition coefficient (Wildman–Crippen LogP) is 4.95. The second-order valence-corrected chi connectivity index (χ2v) is 8.24. The molecule has 1 unspecified atom stereocenters. The van der Waals surface area contributed by atoms with Crippen molar-refractivity contribution in [2.24, 2.45) is 11.8 Å². The van der Waals surface area contributed by atoms with Gasteiger partial charge in [0.15, 0.2) is 0 Å². The molecule has 1 aliphatic heterocycles. The number of benzene rings is 2. The average molecular weight is 397 g/mol. The van der Waals surface area contributed by atoms with Crippen molar-refractivity contribution in [3.8, 4) is 11.1 Å². The van der Waals surface area contributed by atoms with Crippen LogP contribution >= 0.6 is 0 Å². The van der Waals surface area contributed by atoms with Crippen LogP contribution < -0.4 is 0 Å². The Morgan fingerprint density at radius 2 is 1.59 bits per heavy atom. The van der Waals surface area contributed by atoms with Gasteiger partial charge in [0.05, 0.1) is 5.56 Å². The zero-order chi connectivity index (χ0) is 20.4. The second-order valence-electron chi connectivity index (χ2n) is 8.24. The molecule has 1 saturated carbocycles. The Hall–Kier alpha value is -2.56. The molecule has 0 aromatic heterocycles. The summed E-state index contributed by atoms with van der Waals surface area (Å²) in [6.45, 7) is 1.42. The lowest BCUT2D eigenvalue weighted by atomic mass is 9.82. The van der Waals surface area contributed by atoms with Crippen LogP contribution in [0.15, 0.2) is 42.5 Å². The monoisotopic (exact) mass is 397 g/mol. The van der Waals surface area contributed by atoms with E-state index in [2.05, 4.69) is 0 Å². The van der Waals surface area contributed by atoms with Crippen molar-refractivity contribution in [3.63, 3.8) is 0 Å². The topological polar surface area (TPSA) is 37.4 Å². The van der Waals surface area contributed by atoms with Gasteiger partial charge in [-0.15, -0.1) is 0 Å². The van der Waals surface area contributed by atoms with Gasteiger partial charge in [0.25, 0.3) is 0 Å². The Morgan fingerprint density at radius 1 is 0.931 bits per heavy atom. The molecule has 29 heavy (non-hydrogen) atoms. The van der Waals surface area contributed by atoms with Crippen LogP contribution in [0.1, 0.15) is 43.6 Å². The fourth-order valence-electron chi connectivity index (χ4n) is 4.69. The third kappa shape index (κ3) is 4.09. The normalized spacial score (nSPS) is 24.5. The van der Waals surface area contributed by atoms with Gasteiger partial charge >= 0.3 is 0 Å². The van der Waals surface area contributed by atoms with Gasteiger partial charge in [-0.1, -0.05) is 30.3 Å².